The van der Waals surface area contributed by atoms with E-state index >= 15 is 0 Å². The van der Waals surface area contributed by atoms with E-state index in [4.69, 9.17) is 22.7 Å². The van der Waals surface area contributed by atoms with Gasteiger partial charge in [0.15, 0.2) is 5.01 Å². The topological polar surface area (TPSA) is 48.1 Å². The summed E-state index contributed by atoms with van der Waals surface area (Å²) in [6, 6.07) is 5.69. The van der Waals surface area contributed by atoms with Gasteiger partial charge in [-0.3, -0.25) is 0 Å². The van der Waals surface area contributed by atoms with Crippen LogP contribution < -0.4 is 10.5 Å². The monoisotopic (exact) mass is 224 g/mol. The molecule has 0 aliphatic heterocycles. The molecule has 1 heterocycles. The van der Waals surface area contributed by atoms with Crippen LogP contribution in [0.1, 0.15) is 5.01 Å². The first-order valence-electron chi connectivity index (χ1n) is 3.95. The number of hydrogen-bond donors (Lipinski definition) is 1. The first-order valence-corrected chi connectivity index (χ1v) is 5.17. The van der Waals surface area contributed by atoms with Crippen LogP contribution in [0.25, 0.3) is 10.2 Å². The quantitative estimate of drug-likeness (QED) is 0.792. The van der Waals surface area contributed by atoms with Crippen LogP contribution >= 0.6 is 23.6 Å². The maximum atomic E-state index is 5.50. The Kier molecular flexibility index (Phi) is 2.35. The van der Waals surface area contributed by atoms with Gasteiger partial charge in [-0.2, -0.15) is 0 Å². The van der Waals surface area contributed by atoms with Gasteiger partial charge >= 0.3 is 0 Å². The number of rotatable bonds is 2. The molecule has 0 radical (unpaired) electrons. The van der Waals surface area contributed by atoms with Crippen LogP contribution in [0.5, 0.6) is 5.75 Å². The summed E-state index contributed by atoms with van der Waals surface area (Å²) >= 11 is 6.34. The van der Waals surface area contributed by atoms with Gasteiger partial charge in [0.05, 0.1) is 17.3 Å². The molecule has 3 nitrogen and oxygen atoms in total. The van der Waals surface area contributed by atoms with Crippen molar-refractivity contribution in [3.8, 4) is 5.75 Å². The first-order chi connectivity index (χ1) is 6.70. The highest BCUT2D eigenvalue weighted by Crippen LogP contribution is 2.25. The lowest BCUT2D eigenvalue weighted by Crippen LogP contribution is -2.08. The number of nitrogens with zero attached hydrogens (tertiary/aromatic N) is 1. The second-order valence-electron chi connectivity index (χ2n) is 2.72. The summed E-state index contributed by atoms with van der Waals surface area (Å²) in [7, 11) is 1.64. The smallest absolute Gasteiger partial charge is 0.151 e. The van der Waals surface area contributed by atoms with Gasteiger partial charge in [0.25, 0.3) is 0 Å². The lowest BCUT2D eigenvalue weighted by Gasteiger charge is -1.96. The first kappa shape index (κ1) is 9.36. The van der Waals surface area contributed by atoms with Crippen molar-refractivity contribution in [1.82, 2.24) is 4.98 Å². The van der Waals surface area contributed by atoms with E-state index in [0.29, 0.717) is 10.00 Å². The number of methoxy groups -OCH3 is 1. The average molecular weight is 224 g/mol. The van der Waals surface area contributed by atoms with E-state index in [-0.39, 0.29) is 0 Å². The molecule has 0 saturated heterocycles. The summed E-state index contributed by atoms with van der Waals surface area (Å²) in [5.41, 5.74) is 6.40. The van der Waals surface area contributed by atoms with E-state index in [0.717, 1.165) is 16.0 Å². The van der Waals surface area contributed by atoms with Crippen LogP contribution in [-0.2, 0) is 0 Å². The minimum atomic E-state index is 0.338. The van der Waals surface area contributed by atoms with Crippen molar-refractivity contribution in [1.29, 1.82) is 0 Å². The zero-order chi connectivity index (χ0) is 10.1. The molecule has 14 heavy (non-hydrogen) atoms. The van der Waals surface area contributed by atoms with E-state index in [1.807, 2.05) is 18.2 Å². The summed E-state index contributed by atoms with van der Waals surface area (Å²) in [6.07, 6.45) is 0. The molecule has 1 aromatic heterocycles. The number of thiocarbonyl (C=S) groups is 1. The van der Waals surface area contributed by atoms with Crippen molar-refractivity contribution in [2.24, 2.45) is 5.73 Å². The lowest BCUT2D eigenvalue weighted by molar-refractivity contribution is 0.415. The van der Waals surface area contributed by atoms with Crippen LogP contribution in [0.4, 0.5) is 0 Å². The van der Waals surface area contributed by atoms with Crippen molar-refractivity contribution >= 4 is 38.8 Å². The van der Waals surface area contributed by atoms with Crippen molar-refractivity contribution < 1.29 is 4.74 Å². The normalized spacial score (nSPS) is 10.4. The summed E-state index contributed by atoms with van der Waals surface area (Å²) < 4.78 is 6.14. The summed E-state index contributed by atoms with van der Waals surface area (Å²) in [4.78, 5) is 4.62. The Balaban J connectivity index is 2.60. The number of ether oxygens (including phenoxy) is 1. The fourth-order valence-corrected chi connectivity index (χ4v) is 2.15. The number of aromatic nitrogens is 1. The molecule has 0 aliphatic rings. The third-order valence-corrected chi connectivity index (χ3v) is 3.18. The van der Waals surface area contributed by atoms with Gasteiger partial charge in [-0.05, 0) is 18.2 Å². The summed E-state index contributed by atoms with van der Waals surface area (Å²) in [5, 5.41) is 0.697. The predicted octanol–water partition coefficient (Wildman–Crippen LogP) is 1.94. The fourth-order valence-electron chi connectivity index (χ4n) is 1.14. The van der Waals surface area contributed by atoms with Crippen LogP contribution in [0.3, 0.4) is 0 Å². The molecule has 2 N–H and O–H groups in total. The van der Waals surface area contributed by atoms with Crippen LogP contribution in [0.15, 0.2) is 18.2 Å². The number of hydrogen-bond acceptors (Lipinski definition) is 4. The predicted molar refractivity (Wildman–Crippen MR) is 62.1 cm³/mol. The third-order valence-electron chi connectivity index (χ3n) is 1.81. The van der Waals surface area contributed by atoms with Crippen molar-refractivity contribution in [2.75, 3.05) is 7.11 Å². The Morgan fingerprint density at radius 1 is 1.57 bits per heavy atom. The number of fused-ring (bicyclic) bond motifs is 1. The van der Waals surface area contributed by atoms with Crippen molar-refractivity contribution in [2.45, 2.75) is 0 Å². The lowest BCUT2D eigenvalue weighted by atomic mass is 10.3. The van der Waals surface area contributed by atoms with Gasteiger partial charge in [0.1, 0.15) is 10.7 Å². The largest absolute Gasteiger partial charge is 0.497 e. The molecule has 0 aliphatic carbocycles. The number of benzene rings is 1. The van der Waals surface area contributed by atoms with Gasteiger partial charge < -0.3 is 10.5 Å². The molecule has 5 heteroatoms. The zero-order valence-electron chi connectivity index (χ0n) is 7.48. The van der Waals surface area contributed by atoms with Gasteiger partial charge in [-0.15, -0.1) is 11.3 Å². The van der Waals surface area contributed by atoms with Crippen molar-refractivity contribution in [3.05, 3.63) is 23.2 Å². The van der Waals surface area contributed by atoms with E-state index in [1.165, 1.54) is 11.3 Å². The minimum absolute atomic E-state index is 0.338. The van der Waals surface area contributed by atoms with E-state index in [1.54, 1.807) is 7.11 Å². The molecule has 0 atom stereocenters. The second-order valence-corrected chi connectivity index (χ2v) is 4.19. The van der Waals surface area contributed by atoms with E-state index in [2.05, 4.69) is 4.98 Å². The number of thiazole rings is 1. The number of nitrogens with two attached hydrogens (primary N) is 1. The van der Waals surface area contributed by atoms with Gasteiger partial charge in [-0.25, -0.2) is 4.98 Å². The molecule has 0 bridgehead atoms. The highest BCUT2D eigenvalue weighted by molar-refractivity contribution is 7.81. The van der Waals surface area contributed by atoms with Gasteiger partial charge in [0.2, 0.25) is 0 Å². The Hall–Kier alpha value is -1.20. The van der Waals surface area contributed by atoms with Crippen LogP contribution in [0, 0.1) is 0 Å². The molecule has 0 fully saturated rings. The van der Waals surface area contributed by atoms with Crippen LogP contribution in [0.2, 0.25) is 0 Å². The second kappa shape index (κ2) is 3.51. The Labute approximate surface area is 90.5 Å². The zero-order valence-corrected chi connectivity index (χ0v) is 9.11. The Bertz CT molecular complexity index is 493. The third kappa shape index (κ3) is 1.56. The summed E-state index contributed by atoms with van der Waals surface area (Å²) in [5.74, 6) is 0.815. The van der Waals surface area contributed by atoms with Gasteiger partial charge in [0, 0.05) is 0 Å². The molecule has 0 spiro atoms. The highest BCUT2D eigenvalue weighted by atomic mass is 32.1. The molecule has 1 aromatic carbocycles. The maximum absolute atomic E-state index is 5.50. The van der Waals surface area contributed by atoms with E-state index < -0.39 is 0 Å². The fraction of sp³-hybridized carbons (Fsp3) is 0.111. The standard InChI is InChI=1S/C9H8N2OS2/c1-12-5-2-3-6-7(4-5)14-9(11-6)8(10)13/h2-4H,1H3,(H2,10,13). The van der Waals surface area contributed by atoms with Crippen molar-refractivity contribution in [3.63, 3.8) is 0 Å². The average Bonchev–Trinajstić information content (AvgIpc) is 2.59. The SMILES string of the molecule is COc1ccc2nc(C(N)=S)sc2c1. The molecule has 2 rings (SSSR count). The molecule has 0 amide bonds. The molecule has 72 valence electrons. The summed E-state index contributed by atoms with van der Waals surface area (Å²) in [6.45, 7) is 0. The van der Waals surface area contributed by atoms with Gasteiger partial charge in [-0.1, -0.05) is 12.2 Å². The minimum Gasteiger partial charge on any atom is -0.497 e. The Morgan fingerprint density at radius 2 is 2.36 bits per heavy atom. The van der Waals surface area contributed by atoms with Crippen LogP contribution in [-0.4, -0.2) is 17.1 Å². The molecular formula is C9H8N2OS2. The Morgan fingerprint density at radius 3 is 3.00 bits per heavy atom. The molecule has 0 saturated carbocycles. The molecule has 2 aromatic rings. The maximum Gasteiger partial charge on any atom is 0.151 e. The molecule has 0 unspecified atom stereocenters. The molecular weight excluding hydrogens is 216 g/mol. The van der Waals surface area contributed by atoms with E-state index in [9.17, 15) is 0 Å². The highest BCUT2D eigenvalue weighted by Gasteiger charge is 2.06.